The van der Waals surface area contributed by atoms with Crippen molar-refractivity contribution in [1.29, 1.82) is 0 Å². The van der Waals surface area contributed by atoms with Crippen molar-refractivity contribution in [1.82, 2.24) is 14.9 Å². The van der Waals surface area contributed by atoms with Crippen molar-refractivity contribution in [2.75, 3.05) is 19.7 Å². The molecule has 2 rings (SSSR count). The molecule has 0 radical (unpaired) electrons. The summed E-state index contributed by atoms with van der Waals surface area (Å²) in [5.74, 6) is -0.768. The number of hydrogen-bond donors (Lipinski definition) is 0. The number of carbonyl (C=O) groups excluding carboxylic acids is 2. The van der Waals surface area contributed by atoms with Crippen LogP contribution in [-0.2, 0) is 9.53 Å². The number of nitrogens with zero attached hydrogens (tertiary/aromatic N) is 3. The highest BCUT2D eigenvalue weighted by molar-refractivity contribution is 6.29. The molecule has 1 aliphatic heterocycles. The summed E-state index contributed by atoms with van der Waals surface area (Å²) in [7, 11) is 0. The minimum Gasteiger partial charge on any atom is -0.466 e. The van der Waals surface area contributed by atoms with Crippen LogP contribution in [-0.4, -0.2) is 46.4 Å². The zero-order valence-electron chi connectivity index (χ0n) is 11.2. The average molecular weight is 298 g/mol. The maximum absolute atomic E-state index is 12.3. The van der Waals surface area contributed by atoms with E-state index in [4.69, 9.17) is 16.3 Å². The van der Waals surface area contributed by atoms with E-state index in [1.807, 2.05) is 0 Å². The van der Waals surface area contributed by atoms with Gasteiger partial charge in [-0.25, -0.2) is 4.98 Å². The molecule has 1 aromatic rings. The van der Waals surface area contributed by atoms with Crippen LogP contribution in [0.1, 0.15) is 30.3 Å². The van der Waals surface area contributed by atoms with Crippen molar-refractivity contribution in [3.8, 4) is 0 Å². The molecule has 2 heterocycles. The van der Waals surface area contributed by atoms with Crippen LogP contribution in [0.5, 0.6) is 0 Å². The van der Waals surface area contributed by atoms with Gasteiger partial charge in [-0.3, -0.25) is 14.6 Å². The van der Waals surface area contributed by atoms with Crippen LogP contribution >= 0.6 is 11.6 Å². The van der Waals surface area contributed by atoms with Crippen LogP contribution in [0.4, 0.5) is 0 Å². The molecular weight excluding hydrogens is 282 g/mol. The molecule has 7 heteroatoms. The van der Waals surface area contributed by atoms with E-state index in [1.165, 1.54) is 12.4 Å². The summed E-state index contributed by atoms with van der Waals surface area (Å²) in [4.78, 5) is 33.4. The molecule has 0 aromatic carbocycles. The lowest BCUT2D eigenvalue weighted by Gasteiger charge is -2.31. The third-order valence-corrected chi connectivity index (χ3v) is 3.33. The Balaban J connectivity index is 2.05. The highest BCUT2D eigenvalue weighted by atomic mass is 35.5. The Morgan fingerprint density at radius 2 is 2.30 bits per heavy atom. The van der Waals surface area contributed by atoms with E-state index >= 15 is 0 Å². The first-order valence-electron chi connectivity index (χ1n) is 6.55. The van der Waals surface area contributed by atoms with Crippen LogP contribution in [0, 0.1) is 5.92 Å². The second-order valence-electron chi connectivity index (χ2n) is 4.57. The highest BCUT2D eigenvalue weighted by Crippen LogP contribution is 2.19. The van der Waals surface area contributed by atoms with E-state index < -0.39 is 0 Å². The van der Waals surface area contributed by atoms with Crippen LogP contribution < -0.4 is 0 Å². The molecule has 0 saturated carbocycles. The summed E-state index contributed by atoms with van der Waals surface area (Å²) in [6.45, 7) is 3.07. The number of carbonyl (C=O) groups is 2. The molecule has 108 valence electrons. The van der Waals surface area contributed by atoms with Gasteiger partial charge in [0.25, 0.3) is 5.91 Å². The van der Waals surface area contributed by atoms with Gasteiger partial charge in [0, 0.05) is 13.1 Å². The maximum atomic E-state index is 12.3. The summed E-state index contributed by atoms with van der Waals surface area (Å²) in [5, 5.41) is 0.176. The summed E-state index contributed by atoms with van der Waals surface area (Å²) in [6, 6.07) is 0. The van der Waals surface area contributed by atoms with Crippen molar-refractivity contribution >= 4 is 23.5 Å². The number of esters is 1. The zero-order valence-corrected chi connectivity index (χ0v) is 12.0. The number of rotatable bonds is 3. The van der Waals surface area contributed by atoms with Gasteiger partial charge in [-0.05, 0) is 19.8 Å². The van der Waals surface area contributed by atoms with Crippen LogP contribution in [0.15, 0.2) is 12.4 Å². The summed E-state index contributed by atoms with van der Waals surface area (Å²) < 4.78 is 5.01. The summed E-state index contributed by atoms with van der Waals surface area (Å²) >= 11 is 5.73. The summed E-state index contributed by atoms with van der Waals surface area (Å²) in [5.41, 5.74) is 0.196. The first kappa shape index (κ1) is 14.7. The fraction of sp³-hybridized carbons (Fsp3) is 0.538. The van der Waals surface area contributed by atoms with E-state index in [2.05, 4.69) is 9.97 Å². The Morgan fingerprint density at radius 3 is 3.00 bits per heavy atom. The number of amides is 1. The van der Waals surface area contributed by atoms with Gasteiger partial charge < -0.3 is 9.64 Å². The molecule has 1 atom stereocenters. The molecule has 1 saturated heterocycles. The summed E-state index contributed by atoms with van der Waals surface area (Å²) in [6.07, 6.45) is 4.26. The Hall–Kier alpha value is -1.69. The molecule has 20 heavy (non-hydrogen) atoms. The van der Waals surface area contributed by atoms with E-state index in [9.17, 15) is 9.59 Å². The molecule has 0 spiro atoms. The van der Waals surface area contributed by atoms with Gasteiger partial charge in [0.2, 0.25) is 0 Å². The minimum absolute atomic E-state index is 0.176. The Kier molecular flexibility index (Phi) is 4.89. The van der Waals surface area contributed by atoms with Crippen LogP contribution in [0.3, 0.4) is 0 Å². The quantitative estimate of drug-likeness (QED) is 0.791. The van der Waals surface area contributed by atoms with Crippen molar-refractivity contribution in [2.45, 2.75) is 19.8 Å². The lowest BCUT2D eigenvalue weighted by molar-refractivity contribution is -0.149. The second-order valence-corrected chi connectivity index (χ2v) is 4.96. The normalized spacial score (nSPS) is 18.7. The van der Waals surface area contributed by atoms with Crippen LogP contribution in [0.2, 0.25) is 5.15 Å². The average Bonchev–Trinajstić information content (AvgIpc) is 2.47. The van der Waals surface area contributed by atoms with Gasteiger partial charge in [0.05, 0.1) is 24.9 Å². The Bertz CT molecular complexity index is 509. The number of piperidine rings is 1. The molecule has 0 unspecified atom stereocenters. The fourth-order valence-electron chi connectivity index (χ4n) is 2.22. The predicted octanol–water partition coefficient (Wildman–Crippen LogP) is 1.55. The molecule has 6 nitrogen and oxygen atoms in total. The molecule has 0 bridgehead atoms. The smallest absolute Gasteiger partial charge is 0.310 e. The van der Waals surface area contributed by atoms with Gasteiger partial charge in [-0.15, -0.1) is 0 Å². The monoisotopic (exact) mass is 297 g/mol. The zero-order chi connectivity index (χ0) is 14.5. The number of likely N-dealkylation sites (tertiary alicyclic amines) is 1. The molecule has 1 aliphatic rings. The highest BCUT2D eigenvalue weighted by Gasteiger charge is 2.30. The Morgan fingerprint density at radius 1 is 1.50 bits per heavy atom. The first-order chi connectivity index (χ1) is 9.61. The standard InChI is InChI=1S/C13H16ClN3O3/c1-2-20-13(19)9-4-3-5-17(8-9)12(18)10-6-15-7-11(14)16-10/h6-7,9H,2-5,8H2,1H3/t9-/m1/s1. The SMILES string of the molecule is CCOC(=O)[C@@H]1CCCN(C(=O)c2cncc(Cl)n2)C1. The number of halogens is 1. The van der Waals surface area contributed by atoms with Crippen LogP contribution in [0.25, 0.3) is 0 Å². The van der Waals surface area contributed by atoms with E-state index in [1.54, 1.807) is 11.8 Å². The topological polar surface area (TPSA) is 72.4 Å². The molecule has 0 aliphatic carbocycles. The van der Waals surface area contributed by atoms with E-state index in [0.717, 1.165) is 12.8 Å². The lowest BCUT2D eigenvalue weighted by atomic mass is 9.98. The van der Waals surface area contributed by atoms with E-state index in [-0.39, 0.29) is 28.6 Å². The van der Waals surface area contributed by atoms with Gasteiger partial charge in [0.1, 0.15) is 10.8 Å². The number of hydrogen-bond acceptors (Lipinski definition) is 5. The number of ether oxygens (including phenoxy) is 1. The molecular formula is C13H16ClN3O3. The Labute approximate surface area is 122 Å². The van der Waals surface area contributed by atoms with Crippen molar-refractivity contribution < 1.29 is 14.3 Å². The van der Waals surface area contributed by atoms with Gasteiger partial charge in [0.15, 0.2) is 0 Å². The minimum atomic E-state index is -0.264. The fourth-order valence-corrected chi connectivity index (χ4v) is 2.37. The van der Waals surface area contributed by atoms with Crippen molar-refractivity contribution in [2.24, 2.45) is 5.92 Å². The third kappa shape index (κ3) is 3.45. The molecule has 0 N–H and O–H groups in total. The second kappa shape index (κ2) is 6.65. The maximum Gasteiger partial charge on any atom is 0.310 e. The third-order valence-electron chi connectivity index (χ3n) is 3.15. The predicted molar refractivity (Wildman–Crippen MR) is 72.3 cm³/mol. The molecule has 1 aromatic heterocycles. The van der Waals surface area contributed by atoms with Gasteiger partial charge in [-0.1, -0.05) is 11.6 Å². The van der Waals surface area contributed by atoms with Gasteiger partial charge in [-0.2, -0.15) is 0 Å². The molecule has 1 amide bonds. The van der Waals surface area contributed by atoms with Gasteiger partial charge >= 0.3 is 5.97 Å². The largest absolute Gasteiger partial charge is 0.466 e. The van der Waals surface area contributed by atoms with Crippen molar-refractivity contribution in [3.63, 3.8) is 0 Å². The first-order valence-corrected chi connectivity index (χ1v) is 6.93. The lowest BCUT2D eigenvalue weighted by Crippen LogP contribution is -2.43. The molecule has 1 fully saturated rings. The van der Waals surface area contributed by atoms with E-state index in [0.29, 0.717) is 19.7 Å². The van der Waals surface area contributed by atoms with Crippen molar-refractivity contribution in [3.05, 3.63) is 23.2 Å². The number of aromatic nitrogens is 2.